The molecule has 29 heavy (non-hydrogen) atoms. The maximum absolute atomic E-state index is 12.9. The van der Waals surface area contributed by atoms with Crippen molar-refractivity contribution in [3.05, 3.63) is 67.6 Å². The Morgan fingerprint density at radius 3 is 2.45 bits per heavy atom. The Balaban J connectivity index is 1.83. The van der Waals surface area contributed by atoms with Gasteiger partial charge in [-0.15, -0.1) is 0 Å². The third-order valence-corrected chi connectivity index (χ3v) is 4.83. The van der Waals surface area contributed by atoms with E-state index in [1.165, 1.54) is 18.1 Å². The lowest BCUT2D eigenvalue weighted by Gasteiger charge is -2.24. The molecule has 2 heterocycles. The minimum atomic E-state index is -0.767. The zero-order valence-corrected chi connectivity index (χ0v) is 15.5. The molecule has 0 spiro atoms. The second-order valence-electron chi connectivity index (χ2n) is 6.61. The monoisotopic (exact) mass is 402 g/mol. The van der Waals surface area contributed by atoms with Crippen LogP contribution in [-0.4, -0.2) is 39.1 Å². The number of nitro benzene ring substituents is 2. The average Bonchev–Trinajstić information content (AvgIpc) is 3.37. The topological polar surface area (TPSA) is 149 Å². The number of carbonyl (C=O) groups excluding carboxylic acids is 2. The van der Waals surface area contributed by atoms with Gasteiger partial charge in [-0.05, 0) is 31.9 Å². The first kappa shape index (κ1) is 20.0. The maximum Gasteiger partial charge on any atom is 0.279 e. The number of furan rings is 1. The van der Waals surface area contributed by atoms with Gasteiger partial charge in [0.25, 0.3) is 17.3 Å². The Morgan fingerprint density at radius 2 is 1.90 bits per heavy atom. The molecular weight excluding hydrogens is 384 g/mol. The SMILES string of the molecule is Cc1c([N+](=O)[O-])cc(C(=O)N2CCCC2C(=O)NCc2ccco2)cc1[N+](=O)[O-]. The van der Waals surface area contributed by atoms with Gasteiger partial charge >= 0.3 is 0 Å². The van der Waals surface area contributed by atoms with Crippen molar-refractivity contribution < 1.29 is 23.9 Å². The summed E-state index contributed by atoms with van der Waals surface area (Å²) in [6, 6.07) is 4.64. The van der Waals surface area contributed by atoms with Gasteiger partial charge in [0.15, 0.2) is 0 Å². The van der Waals surface area contributed by atoms with Crippen LogP contribution in [0.4, 0.5) is 11.4 Å². The Hall–Kier alpha value is -3.76. The standard InChI is InChI=1S/C18H18N4O7/c1-11-15(21(25)26)8-12(9-16(11)22(27)28)18(24)20-6-2-5-14(20)17(23)19-10-13-4-3-7-29-13/h3-4,7-9,14H,2,5-6,10H2,1H3,(H,19,23). The molecule has 1 atom stereocenters. The van der Waals surface area contributed by atoms with Crippen LogP contribution in [0.15, 0.2) is 34.9 Å². The summed E-state index contributed by atoms with van der Waals surface area (Å²) in [5.41, 5.74) is -1.36. The lowest BCUT2D eigenvalue weighted by Crippen LogP contribution is -2.45. The summed E-state index contributed by atoms with van der Waals surface area (Å²) in [5.74, 6) is -0.491. The van der Waals surface area contributed by atoms with Crippen LogP contribution >= 0.6 is 0 Å². The quantitative estimate of drug-likeness (QED) is 0.575. The second kappa shape index (κ2) is 8.09. The van der Waals surface area contributed by atoms with Gasteiger partial charge in [0, 0.05) is 18.7 Å². The van der Waals surface area contributed by atoms with Crippen LogP contribution in [-0.2, 0) is 11.3 Å². The van der Waals surface area contributed by atoms with Crippen molar-refractivity contribution in [1.29, 1.82) is 0 Å². The molecule has 1 aliphatic rings. The van der Waals surface area contributed by atoms with Gasteiger partial charge in [0.05, 0.1) is 28.2 Å². The predicted molar refractivity (Wildman–Crippen MR) is 99.1 cm³/mol. The van der Waals surface area contributed by atoms with Crippen LogP contribution in [0.5, 0.6) is 0 Å². The van der Waals surface area contributed by atoms with Crippen molar-refractivity contribution in [2.45, 2.75) is 32.4 Å². The first-order valence-electron chi connectivity index (χ1n) is 8.84. The van der Waals surface area contributed by atoms with Gasteiger partial charge in [0.2, 0.25) is 5.91 Å². The molecule has 0 aliphatic carbocycles. The molecule has 11 nitrogen and oxygen atoms in total. The summed E-state index contributed by atoms with van der Waals surface area (Å²) in [6.07, 6.45) is 2.47. The molecule has 0 saturated carbocycles. The van der Waals surface area contributed by atoms with E-state index in [0.29, 0.717) is 18.6 Å². The van der Waals surface area contributed by atoms with Crippen LogP contribution in [0.3, 0.4) is 0 Å². The van der Waals surface area contributed by atoms with Gasteiger partial charge in [-0.25, -0.2) is 0 Å². The average molecular weight is 402 g/mol. The number of benzene rings is 1. The van der Waals surface area contributed by atoms with E-state index in [2.05, 4.69) is 5.32 Å². The first-order chi connectivity index (χ1) is 13.8. The summed E-state index contributed by atoms with van der Waals surface area (Å²) in [4.78, 5) is 47.7. The number of hydrogen-bond acceptors (Lipinski definition) is 7. The maximum atomic E-state index is 12.9. The fourth-order valence-electron chi connectivity index (χ4n) is 3.34. The third-order valence-electron chi connectivity index (χ3n) is 4.83. The van der Waals surface area contributed by atoms with Crippen LogP contribution in [0, 0.1) is 27.2 Å². The molecule has 1 aromatic carbocycles. The second-order valence-corrected chi connectivity index (χ2v) is 6.61. The third kappa shape index (κ3) is 4.08. The number of nitrogens with zero attached hydrogens (tertiary/aromatic N) is 3. The molecule has 2 amide bonds. The van der Waals surface area contributed by atoms with E-state index in [4.69, 9.17) is 4.42 Å². The van der Waals surface area contributed by atoms with Crippen molar-refractivity contribution in [2.75, 3.05) is 6.54 Å². The Bertz CT molecular complexity index is 936. The number of hydrogen-bond donors (Lipinski definition) is 1. The smallest absolute Gasteiger partial charge is 0.279 e. The molecule has 1 N–H and O–H groups in total. The highest BCUT2D eigenvalue weighted by molar-refractivity contribution is 5.99. The number of carbonyl (C=O) groups is 2. The summed E-state index contributed by atoms with van der Waals surface area (Å²) in [5, 5.41) is 25.2. The van der Waals surface area contributed by atoms with E-state index in [0.717, 1.165) is 12.1 Å². The Kier molecular flexibility index (Phi) is 5.57. The fraction of sp³-hybridized carbons (Fsp3) is 0.333. The molecule has 3 rings (SSSR count). The van der Waals surface area contributed by atoms with Gasteiger partial charge in [-0.2, -0.15) is 0 Å². The summed E-state index contributed by atoms with van der Waals surface area (Å²) >= 11 is 0. The Labute approximate surface area is 164 Å². The molecule has 2 aromatic rings. The normalized spacial score (nSPS) is 15.9. The molecule has 152 valence electrons. The molecule has 1 aliphatic heterocycles. The number of nitro groups is 2. The first-order valence-corrected chi connectivity index (χ1v) is 8.84. The molecule has 0 radical (unpaired) electrons. The number of rotatable bonds is 6. The van der Waals surface area contributed by atoms with Crippen LogP contribution in [0.2, 0.25) is 0 Å². The zero-order chi connectivity index (χ0) is 21.1. The number of nitrogens with one attached hydrogen (secondary N) is 1. The highest BCUT2D eigenvalue weighted by Gasteiger charge is 2.36. The van der Waals surface area contributed by atoms with Gasteiger partial charge in [-0.3, -0.25) is 29.8 Å². The predicted octanol–water partition coefficient (Wildman–Crippen LogP) is 2.33. The van der Waals surface area contributed by atoms with Gasteiger partial charge < -0.3 is 14.6 Å². The van der Waals surface area contributed by atoms with E-state index in [-0.39, 0.29) is 30.1 Å². The fourth-order valence-corrected chi connectivity index (χ4v) is 3.34. The van der Waals surface area contributed by atoms with Crippen LogP contribution in [0.25, 0.3) is 0 Å². The summed E-state index contributed by atoms with van der Waals surface area (Å²) in [7, 11) is 0. The van der Waals surface area contributed by atoms with Crippen molar-refractivity contribution in [1.82, 2.24) is 10.2 Å². The van der Waals surface area contributed by atoms with Crippen LogP contribution < -0.4 is 5.32 Å². The lowest BCUT2D eigenvalue weighted by atomic mass is 10.1. The van der Waals surface area contributed by atoms with Crippen molar-refractivity contribution in [3.8, 4) is 0 Å². The molecule has 1 aromatic heterocycles. The van der Waals surface area contributed by atoms with Crippen molar-refractivity contribution in [2.24, 2.45) is 0 Å². The van der Waals surface area contributed by atoms with Gasteiger partial charge in [0.1, 0.15) is 17.4 Å². The van der Waals surface area contributed by atoms with Gasteiger partial charge in [-0.1, -0.05) is 0 Å². The summed E-state index contributed by atoms with van der Waals surface area (Å²) in [6.45, 7) is 1.68. The van der Waals surface area contributed by atoms with E-state index in [1.807, 2.05) is 0 Å². The van der Waals surface area contributed by atoms with E-state index >= 15 is 0 Å². The minimum absolute atomic E-state index is 0.134. The lowest BCUT2D eigenvalue weighted by molar-refractivity contribution is -0.395. The summed E-state index contributed by atoms with van der Waals surface area (Å²) < 4.78 is 5.15. The molecule has 1 unspecified atom stereocenters. The highest BCUT2D eigenvalue weighted by Crippen LogP contribution is 2.31. The van der Waals surface area contributed by atoms with E-state index in [9.17, 15) is 29.8 Å². The van der Waals surface area contributed by atoms with Crippen LogP contribution in [0.1, 0.15) is 34.5 Å². The molecular formula is C18H18N4O7. The zero-order valence-electron chi connectivity index (χ0n) is 15.5. The Morgan fingerprint density at radius 1 is 1.24 bits per heavy atom. The van der Waals surface area contributed by atoms with E-state index in [1.54, 1.807) is 12.1 Å². The highest BCUT2D eigenvalue weighted by atomic mass is 16.6. The van der Waals surface area contributed by atoms with Crippen molar-refractivity contribution in [3.63, 3.8) is 0 Å². The minimum Gasteiger partial charge on any atom is -0.467 e. The molecule has 0 bridgehead atoms. The van der Waals surface area contributed by atoms with Crippen molar-refractivity contribution >= 4 is 23.2 Å². The number of likely N-dealkylation sites (tertiary alicyclic amines) is 1. The van der Waals surface area contributed by atoms with E-state index < -0.39 is 33.2 Å². The number of amides is 2. The largest absolute Gasteiger partial charge is 0.467 e. The molecule has 11 heteroatoms. The molecule has 1 saturated heterocycles. The molecule has 1 fully saturated rings.